The van der Waals surface area contributed by atoms with E-state index in [4.69, 9.17) is 9.79 Å². The van der Waals surface area contributed by atoms with Crippen LogP contribution in [-0.2, 0) is 14.2 Å². The zero-order chi connectivity index (χ0) is 7.33. The number of hydrogen-bond donors (Lipinski definition) is 2. The largest absolute Gasteiger partial charge is 0.469 e. The van der Waals surface area contributed by atoms with Gasteiger partial charge in [0.05, 0.1) is 13.2 Å². The van der Waals surface area contributed by atoms with Crippen molar-refractivity contribution < 1.29 is 24.0 Å². The Balaban J connectivity index is 3.18. The zero-order valence-corrected chi connectivity index (χ0v) is 5.58. The number of rotatable bonds is 4. The van der Waals surface area contributed by atoms with Crippen molar-refractivity contribution in [1.29, 1.82) is 0 Å². The highest BCUT2D eigenvalue weighted by Crippen LogP contribution is 2.35. The summed E-state index contributed by atoms with van der Waals surface area (Å²) < 4.78 is 13.8. The van der Waals surface area contributed by atoms with Crippen LogP contribution in [-0.4, -0.2) is 23.0 Å². The minimum atomic E-state index is -4.33. The summed E-state index contributed by atoms with van der Waals surface area (Å²) in [4.78, 5) is 16.1. The molecule has 55 valence electrons. The summed E-state index contributed by atoms with van der Waals surface area (Å²) in [5, 5.41) is 9.68. The van der Waals surface area contributed by atoms with Crippen LogP contribution in [0.1, 0.15) is 6.42 Å². The maximum Gasteiger partial charge on any atom is 0.469 e. The first-order valence-electron chi connectivity index (χ1n) is 2.34. The van der Waals surface area contributed by atoms with E-state index in [0.717, 1.165) is 0 Å². The highest BCUT2D eigenvalue weighted by atomic mass is 31.2. The molecule has 0 atom stereocenters. The smallest absolute Gasteiger partial charge is 0.303 e. The lowest BCUT2D eigenvalue weighted by molar-refractivity contribution is 0.145. The van der Waals surface area contributed by atoms with Crippen LogP contribution >= 0.6 is 7.82 Å². The Bertz CT molecular complexity index is 107. The molecule has 2 N–H and O–H groups in total. The minimum absolute atomic E-state index is 0.130. The Morgan fingerprint density at radius 3 is 2.33 bits per heavy atom. The molecule has 0 aromatic heterocycles. The lowest BCUT2D eigenvalue weighted by Crippen LogP contribution is -1.93. The molecule has 0 fully saturated rings. The van der Waals surface area contributed by atoms with Gasteiger partial charge in [-0.2, -0.15) is 0 Å². The Morgan fingerprint density at radius 2 is 2.00 bits per heavy atom. The quantitative estimate of drug-likeness (QED) is 0.439. The van der Waals surface area contributed by atoms with Crippen LogP contribution in [0.3, 0.4) is 0 Å². The Labute approximate surface area is 52.5 Å². The van der Waals surface area contributed by atoms with Gasteiger partial charge in [-0.15, -0.1) is 0 Å². The molecule has 0 aromatic rings. The molecule has 1 radical (unpaired) electrons. The summed E-state index contributed by atoms with van der Waals surface area (Å²) in [5.74, 6) is 0. The summed E-state index contributed by atoms with van der Waals surface area (Å²) in [6, 6.07) is 0. The van der Waals surface area contributed by atoms with E-state index in [1.807, 2.05) is 0 Å². The maximum atomic E-state index is 9.88. The summed E-state index contributed by atoms with van der Waals surface area (Å²) in [5.41, 5.74) is 0. The monoisotopic (exact) mass is 155 g/mol. The zero-order valence-electron chi connectivity index (χ0n) is 4.69. The third kappa shape index (κ3) is 8.07. The predicted molar refractivity (Wildman–Crippen MR) is 28.2 cm³/mol. The predicted octanol–water partition coefficient (Wildman–Crippen LogP) is -0.0837. The highest BCUT2D eigenvalue weighted by molar-refractivity contribution is 7.46. The summed E-state index contributed by atoms with van der Waals surface area (Å²) in [7, 11) is -4.33. The first kappa shape index (κ1) is 9.07. The summed E-state index contributed by atoms with van der Waals surface area (Å²) >= 11 is 0. The van der Waals surface area contributed by atoms with E-state index in [2.05, 4.69) is 4.52 Å². The average molecular weight is 155 g/mol. The van der Waals surface area contributed by atoms with Crippen molar-refractivity contribution in [3.63, 3.8) is 0 Å². The van der Waals surface area contributed by atoms with Gasteiger partial charge in [0, 0.05) is 0 Å². The molecule has 0 aliphatic rings. The fourth-order valence-electron chi connectivity index (χ4n) is 0.242. The number of phosphoric ester groups is 1. The van der Waals surface area contributed by atoms with Crippen molar-refractivity contribution in [2.45, 2.75) is 6.42 Å². The van der Waals surface area contributed by atoms with E-state index in [1.165, 1.54) is 0 Å². The second-order valence-electron chi connectivity index (χ2n) is 1.38. The molecule has 0 aliphatic carbocycles. The van der Waals surface area contributed by atoms with Crippen LogP contribution in [0, 0.1) is 0 Å². The van der Waals surface area contributed by atoms with Crippen molar-refractivity contribution >= 4 is 7.82 Å². The lowest BCUT2D eigenvalue weighted by Gasteiger charge is -2.01. The van der Waals surface area contributed by atoms with Crippen molar-refractivity contribution in [3.8, 4) is 0 Å². The van der Waals surface area contributed by atoms with Gasteiger partial charge in [0.15, 0.2) is 0 Å². The van der Waals surface area contributed by atoms with Gasteiger partial charge in [0.25, 0.3) is 0 Å². The first-order valence-corrected chi connectivity index (χ1v) is 3.87. The Morgan fingerprint density at radius 1 is 1.44 bits per heavy atom. The van der Waals surface area contributed by atoms with Gasteiger partial charge in [-0.25, -0.2) is 9.67 Å². The Hall–Kier alpha value is 0.0700. The van der Waals surface area contributed by atoms with Gasteiger partial charge in [-0.1, -0.05) is 0 Å². The van der Waals surface area contributed by atoms with E-state index in [0.29, 0.717) is 0 Å². The standard InChI is InChI=1S/C3H8O5P/c4-2-1-3-8-9(5,6)7/h1-3H2,(H2,5,6,7). The molecular formula is C3H8O5P. The molecule has 0 saturated heterocycles. The molecule has 0 unspecified atom stereocenters. The molecular weight excluding hydrogens is 147 g/mol. The second kappa shape index (κ2) is 3.98. The van der Waals surface area contributed by atoms with Crippen LogP contribution in [0.4, 0.5) is 0 Å². The maximum absolute atomic E-state index is 9.88. The van der Waals surface area contributed by atoms with E-state index >= 15 is 0 Å². The van der Waals surface area contributed by atoms with E-state index in [-0.39, 0.29) is 19.6 Å². The highest BCUT2D eigenvalue weighted by Gasteiger charge is 2.11. The second-order valence-corrected chi connectivity index (χ2v) is 2.62. The molecule has 0 bridgehead atoms. The van der Waals surface area contributed by atoms with Gasteiger partial charge in [0.1, 0.15) is 0 Å². The lowest BCUT2D eigenvalue weighted by atomic mass is 10.5. The van der Waals surface area contributed by atoms with E-state index < -0.39 is 7.82 Å². The summed E-state index contributed by atoms with van der Waals surface area (Å²) in [6.07, 6.45) is 0.130. The molecule has 0 aromatic carbocycles. The summed E-state index contributed by atoms with van der Waals surface area (Å²) in [6.45, 7) is -0.548. The number of hydrogen-bond acceptors (Lipinski definition) is 2. The van der Waals surface area contributed by atoms with Crippen LogP contribution in [0.5, 0.6) is 0 Å². The van der Waals surface area contributed by atoms with Crippen LogP contribution in [0.2, 0.25) is 0 Å². The van der Waals surface area contributed by atoms with Crippen molar-refractivity contribution in [3.05, 3.63) is 0 Å². The van der Waals surface area contributed by atoms with Crippen molar-refractivity contribution in [1.82, 2.24) is 0 Å². The molecule has 0 aliphatic heterocycles. The van der Waals surface area contributed by atoms with Crippen LogP contribution in [0.25, 0.3) is 0 Å². The third-order valence-corrected chi connectivity index (χ3v) is 1.07. The fourth-order valence-corrected chi connectivity index (χ4v) is 0.609. The van der Waals surface area contributed by atoms with Gasteiger partial charge in [-0.05, 0) is 6.42 Å². The van der Waals surface area contributed by atoms with Gasteiger partial charge in [-0.3, -0.25) is 4.52 Å². The average Bonchev–Trinajstić information content (AvgIpc) is 1.63. The molecule has 0 saturated carbocycles. The SMILES string of the molecule is [O]CCCOP(=O)(O)O. The van der Waals surface area contributed by atoms with E-state index in [9.17, 15) is 9.67 Å². The third-order valence-electron chi connectivity index (χ3n) is 0.548. The first-order chi connectivity index (χ1) is 4.06. The number of phosphoric acid groups is 1. The van der Waals surface area contributed by atoms with Gasteiger partial charge < -0.3 is 9.79 Å². The van der Waals surface area contributed by atoms with Crippen molar-refractivity contribution in [2.24, 2.45) is 0 Å². The van der Waals surface area contributed by atoms with Crippen LogP contribution < -0.4 is 0 Å². The van der Waals surface area contributed by atoms with Crippen LogP contribution in [0.15, 0.2) is 0 Å². The molecule has 9 heavy (non-hydrogen) atoms. The molecule has 0 heterocycles. The molecule has 6 heteroatoms. The topological polar surface area (TPSA) is 86.7 Å². The van der Waals surface area contributed by atoms with Crippen molar-refractivity contribution in [2.75, 3.05) is 13.2 Å². The fraction of sp³-hybridized carbons (Fsp3) is 1.00. The van der Waals surface area contributed by atoms with Gasteiger partial charge >= 0.3 is 7.82 Å². The Kier molecular flexibility index (Phi) is 4.01. The van der Waals surface area contributed by atoms with Gasteiger partial charge in [0.2, 0.25) is 0 Å². The minimum Gasteiger partial charge on any atom is -0.303 e. The molecule has 5 nitrogen and oxygen atoms in total. The molecule has 0 amide bonds. The molecule has 0 rings (SSSR count). The normalized spacial score (nSPS) is 11.9. The molecule has 0 spiro atoms. The van der Waals surface area contributed by atoms with E-state index in [1.54, 1.807) is 0 Å².